The van der Waals surface area contributed by atoms with Crippen molar-refractivity contribution in [2.24, 2.45) is 5.73 Å². The number of aromatic amines is 1. The summed E-state index contributed by atoms with van der Waals surface area (Å²) in [6, 6.07) is 0. The molecule has 0 amide bonds. The van der Waals surface area contributed by atoms with Gasteiger partial charge in [0.15, 0.2) is 4.77 Å². The van der Waals surface area contributed by atoms with Gasteiger partial charge < -0.3 is 10.7 Å². The summed E-state index contributed by atoms with van der Waals surface area (Å²) < 4.78 is 0.592. The molecule has 3 N–H and O–H groups in total. The number of aromatic nitrogens is 2. The van der Waals surface area contributed by atoms with Gasteiger partial charge in [-0.25, -0.2) is 4.98 Å². The number of hydrogen-bond donors (Lipinski definition) is 2. The maximum Gasteiger partial charge on any atom is 0.197 e. The predicted octanol–water partition coefficient (Wildman–Crippen LogP) is 1.43. The smallest absolute Gasteiger partial charge is 0.197 e. The number of rotatable bonds is 2. The van der Waals surface area contributed by atoms with E-state index in [9.17, 15) is 0 Å². The molecule has 1 aliphatic rings. The van der Waals surface area contributed by atoms with E-state index in [1.165, 1.54) is 17.0 Å². The van der Waals surface area contributed by atoms with Gasteiger partial charge in [-0.1, -0.05) is 0 Å². The molecule has 0 unspecified atom stereocenters. The molecule has 1 aromatic rings. The van der Waals surface area contributed by atoms with E-state index in [-0.39, 0.29) is 0 Å². The number of nitrogens with two attached hydrogens (primary N) is 1. The first-order chi connectivity index (χ1) is 6.81. The van der Waals surface area contributed by atoms with Gasteiger partial charge in [0.1, 0.15) is 0 Å². The van der Waals surface area contributed by atoms with Gasteiger partial charge in [0.25, 0.3) is 0 Å². The number of hydrogen-bond acceptors (Lipinski definition) is 4. The van der Waals surface area contributed by atoms with Crippen LogP contribution in [0.3, 0.4) is 0 Å². The summed E-state index contributed by atoms with van der Waals surface area (Å²) in [7, 11) is 0. The molecular weight excluding hydrogens is 214 g/mol. The van der Waals surface area contributed by atoms with Crippen LogP contribution in [0.15, 0.2) is 0 Å². The Morgan fingerprint density at radius 1 is 1.57 bits per heavy atom. The number of H-pyrrole nitrogens is 1. The van der Waals surface area contributed by atoms with Crippen LogP contribution < -0.4 is 5.73 Å². The van der Waals surface area contributed by atoms with Gasteiger partial charge in [0, 0.05) is 23.6 Å². The minimum Gasteiger partial charge on any atom is -0.333 e. The highest BCUT2D eigenvalue weighted by molar-refractivity contribution is 7.98. The van der Waals surface area contributed by atoms with Crippen molar-refractivity contribution in [2.75, 3.05) is 12.3 Å². The summed E-state index contributed by atoms with van der Waals surface area (Å²) in [6.07, 6.45) is 1.93. The summed E-state index contributed by atoms with van der Waals surface area (Å²) in [4.78, 5) is 7.51. The Hall–Kier alpha value is -0.390. The van der Waals surface area contributed by atoms with Gasteiger partial charge in [-0.15, -0.1) is 0 Å². The first-order valence-corrected chi connectivity index (χ1v) is 6.26. The maximum absolute atomic E-state index is 5.55. The minimum absolute atomic E-state index is 0.592. The van der Waals surface area contributed by atoms with Crippen LogP contribution in [0.2, 0.25) is 0 Å². The first kappa shape index (κ1) is 10.1. The molecule has 0 radical (unpaired) electrons. The monoisotopic (exact) mass is 227 g/mol. The molecule has 0 atom stereocenters. The average molecular weight is 227 g/mol. The highest BCUT2D eigenvalue weighted by atomic mass is 32.2. The van der Waals surface area contributed by atoms with Crippen LogP contribution in [0.5, 0.6) is 0 Å². The fourth-order valence-electron chi connectivity index (χ4n) is 1.71. The van der Waals surface area contributed by atoms with Gasteiger partial charge in [-0.3, -0.25) is 0 Å². The second kappa shape index (κ2) is 4.42. The Balaban J connectivity index is 2.47. The van der Waals surface area contributed by atoms with E-state index in [0.29, 0.717) is 11.3 Å². The molecule has 0 saturated carbocycles. The summed E-state index contributed by atoms with van der Waals surface area (Å²) in [6.45, 7) is 0.644. The molecule has 0 aromatic carbocycles. The van der Waals surface area contributed by atoms with Gasteiger partial charge in [0.05, 0.1) is 0 Å². The van der Waals surface area contributed by atoms with E-state index in [2.05, 4.69) is 9.97 Å². The third kappa shape index (κ3) is 1.99. The Morgan fingerprint density at radius 3 is 3.21 bits per heavy atom. The van der Waals surface area contributed by atoms with Gasteiger partial charge in [-0.2, -0.15) is 11.8 Å². The number of nitrogens with zero attached hydrogens (tertiary/aromatic N) is 1. The summed E-state index contributed by atoms with van der Waals surface area (Å²) in [5.74, 6) is 2.20. The van der Waals surface area contributed by atoms with Crippen LogP contribution in [0.4, 0.5) is 0 Å². The fraction of sp³-hybridized carbons (Fsp3) is 0.556. The average Bonchev–Trinajstić information content (AvgIpc) is 2.18. The lowest BCUT2D eigenvalue weighted by Crippen LogP contribution is -2.14. The fourth-order valence-corrected chi connectivity index (χ4v) is 2.88. The zero-order valence-electron chi connectivity index (χ0n) is 7.88. The van der Waals surface area contributed by atoms with E-state index in [1.54, 1.807) is 0 Å². The Labute approximate surface area is 92.5 Å². The molecule has 14 heavy (non-hydrogen) atoms. The van der Waals surface area contributed by atoms with Crippen LogP contribution in [-0.4, -0.2) is 22.3 Å². The molecule has 0 fully saturated rings. The number of fused-ring (bicyclic) bond motifs is 1. The molecule has 0 spiro atoms. The van der Waals surface area contributed by atoms with Crippen LogP contribution >= 0.6 is 24.0 Å². The molecule has 76 valence electrons. The van der Waals surface area contributed by atoms with E-state index < -0.39 is 0 Å². The highest BCUT2D eigenvalue weighted by Gasteiger charge is 2.14. The quantitative estimate of drug-likeness (QED) is 0.751. The van der Waals surface area contributed by atoms with Crippen LogP contribution in [0.25, 0.3) is 0 Å². The Bertz CT molecular complexity index is 386. The lowest BCUT2D eigenvalue weighted by Gasteiger charge is -2.17. The maximum atomic E-state index is 5.55. The number of nitrogens with one attached hydrogen (secondary N) is 1. The third-order valence-electron chi connectivity index (χ3n) is 2.33. The molecule has 0 bridgehead atoms. The van der Waals surface area contributed by atoms with Crippen molar-refractivity contribution in [1.29, 1.82) is 0 Å². The van der Waals surface area contributed by atoms with Crippen molar-refractivity contribution < 1.29 is 0 Å². The molecule has 2 heterocycles. The third-order valence-corrected chi connectivity index (χ3v) is 3.51. The zero-order chi connectivity index (χ0) is 9.97. The van der Waals surface area contributed by atoms with Crippen molar-refractivity contribution >= 4 is 24.0 Å². The summed E-state index contributed by atoms with van der Waals surface area (Å²) >= 11 is 7.02. The predicted molar refractivity (Wildman–Crippen MR) is 62.0 cm³/mol. The van der Waals surface area contributed by atoms with E-state index in [0.717, 1.165) is 24.3 Å². The lowest BCUT2D eigenvalue weighted by molar-refractivity contribution is 0.844. The van der Waals surface area contributed by atoms with Crippen LogP contribution in [-0.2, 0) is 18.6 Å². The molecule has 3 nitrogen and oxygen atoms in total. The van der Waals surface area contributed by atoms with E-state index in [4.69, 9.17) is 18.0 Å². The molecule has 5 heteroatoms. The summed E-state index contributed by atoms with van der Waals surface area (Å²) in [5, 5.41) is 0. The molecule has 2 rings (SSSR count). The molecule has 0 saturated heterocycles. The van der Waals surface area contributed by atoms with Crippen molar-refractivity contribution in [3.05, 3.63) is 21.7 Å². The molecule has 1 aromatic heterocycles. The van der Waals surface area contributed by atoms with Gasteiger partial charge >= 0.3 is 0 Å². The van der Waals surface area contributed by atoms with Crippen molar-refractivity contribution in [1.82, 2.24) is 9.97 Å². The second-order valence-corrected chi connectivity index (χ2v) is 4.78. The van der Waals surface area contributed by atoms with E-state index in [1.807, 2.05) is 11.8 Å². The second-order valence-electron chi connectivity index (χ2n) is 3.29. The topological polar surface area (TPSA) is 54.7 Å². The van der Waals surface area contributed by atoms with Crippen LogP contribution in [0.1, 0.15) is 17.0 Å². The Morgan fingerprint density at radius 2 is 2.43 bits per heavy atom. The summed E-state index contributed by atoms with van der Waals surface area (Å²) in [5.41, 5.74) is 9.26. The largest absolute Gasteiger partial charge is 0.333 e. The highest BCUT2D eigenvalue weighted by Crippen LogP contribution is 2.24. The van der Waals surface area contributed by atoms with E-state index >= 15 is 0 Å². The number of thioether (sulfide) groups is 1. The zero-order valence-corrected chi connectivity index (χ0v) is 9.51. The van der Waals surface area contributed by atoms with Gasteiger partial charge in [-0.05, 0) is 36.5 Å². The Kier molecular flexibility index (Phi) is 3.20. The standard InChI is InChI=1S/C9H13N3S2/c10-3-1-7-6-2-4-14-5-8(6)12-9(13)11-7/h1-5,10H2,(H,11,12,13). The van der Waals surface area contributed by atoms with Crippen molar-refractivity contribution in [3.63, 3.8) is 0 Å². The van der Waals surface area contributed by atoms with Crippen molar-refractivity contribution in [2.45, 2.75) is 18.6 Å². The first-order valence-electron chi connectivity index (χ1n) is 4.70. The SMILES string of the molecule is NCCc1nc(=S)[nH]c2c1CCSC2. The molecule has 1 aliphatic heterocycles. The van der Waals surface area contributed by atoms with Crippen molar-refractivity contribution in [3.8, 4) is 0 Å². The van der Waals surface area contributed by atoms with Gasteiger partial charge in [0.2, 0.25) is 0 Å². The molecule has 0 aliphatic carbocycles. The normalized spacial score (nSPS) is 15.2. The lowest BCUT2D eigenvalue weighted by atomic mass is 10.1. The minimum atomic E-state index is 0.592. The molecular formula is C9H13N3S2. The van der Waals surface area contributed by atoms with Crippen LogP contribution in [0, 0.1) is 4.77 Å².